The molecule has 1 fully saturated rings. The Balaban J connectivity index is 1.61. The molecule has 2 aromatic heterocycles. The number of aromatic nitrogens is 4. The van der Waals surface area contributed by atoms with E-state index in [4.69, 9.17) is 0 Å². The molecule has 0 amide bonds. The zero-order valence-corrected chi connectivity index (χ0v) is 11.2. The van der Waals surface area contributed by atoms with Crippen LogP contribution in [0, 0.1) is 6.92 Å². The fourth-order valence-corrected chi connectivity index (χ4v) is 2.58. The average molecular weight is 257 g/mol. The summed E-state index contributed by atoms with van der Waals surface area (Å²) < 4.78 is 2.12. The molecule has 1 aliphatic carbocycles. The van der Waals surface area contributed by atoms with Gasteiger partial charge in [-0.3, -0.25) is 4.68 Å². The van der Waals surface area contributed by atoms with E-state index in [-0.39, 0.29) is 0 Å². The first kappa shape index (κ1) is 12.1. The number of nitrogens with zero attached hydrogens (tertiary/aromatic N) is 4. The summed E-state index contributed by atoms with van der Waals surface area (Å²) in [5.41, 5.74) is 2.03. The molecule has 5 nitrogen and oxygen atoms in total. The Hall–Kier alpha value is -1.91. The summed E-state index contributed by atoms with van der Waals surface area (Å²) in [4.78, 5) is 8.26. The fourth-order valence-electron chi connectivity index (χ4n) is 2.58. The van der Waals surface area contributed by atoms with Crippen LogP contribution in [-0.2, 0) is 6.54 Å². The highest BCUT2D eigenvalue weighted by molar-refractivity contribution is 5.34. The van der Waals surface area contributed by atoms with Crippen LogP contribution in [-0.4, -0.2) is 19.7 Å². The number of hydrogen-bond donors (Lipinski definition) is 1. The molecule has 2 heterocycles. The molecule has 1 saturated carbocycles. The summed E-state index contributed by atoms with van der Waals surface area (Å²) in [7, 11) is 0. The first-order valence-corrected chi connectivity index (χ1v) is 6.88. The van der Waals surface area contributed by atoms with E-state index in [0.717, 1.165) is 17.2 Å². The summed E-state index contributed by atoms with van der Waals surface area (Å²) in [6.07, 6.45) is 8.86. The number of aryl methyl sites for hydroxylation is 1. The second kappa shape index (κ2) is 5.38. The molecule has 0 bridgehead atoms. The molecule has 0 radical (unpaired) electrons. The van der Waals surface area contributed by atoms with Crippen molar-refractivity contribution in [3.05, 3.63) is 36.0 Å². The predicted octanol–water partition coefficient (Wildman–Crippen LogP) is 2.71. The molecule has 100 valence electrons. The summed E-state index contributed by atoms with van der Waals surface area (Å²) in [5, 5.41) is 7.92. The molecule has 1 aliphatic rings. The Morgan fingerprint density at radius 1 is 1.32 bits per heavy atom. The number of hydrogen-bond acceptors (Lipinski definition) is 4. The van der Waals surface area contributed by atoms with E-state index < -0.39 is 0 Å². The highest BCUT2D eigenvalue weighted by Crippen LogP contribution is 2.28. The molecule has 2 aromatic rings. The van der Waals surface area contributed by atoms with E-state index in [0.29, 0.717) is 12.6 Å². The van der Waals surface area contributed by atoms with E-state index in [1.165, 1.54) is 25.7 Å². The standard InChI is InChI=1S/C14H19N5/c1-11-8-14(17-10-16-11)15-9-12-6-7-19(18-12)13-4-2-3-5-13/h6-8,10,13H,2-5,9H2,1H3,(H,15,16,17). The van der Waals surface area contributed by atoms with Crippen LogP contribution >= 0.6 is 0 Å². The summed E-state index contributed by atoms with van der Waals surface area (Å²) >= 11 is 0. The van der Waals surface area contributed by atoms with Crippen molar-refractivity contribution >= 4 is 5.82 Å². The maximum atomic E-state index is 4.64. The van der Waals surface area contributed by atoms with E-state index in [9.17, 15) is 0 Å². The predicted molar refractivity (Wildman–Crippen MR) is 73.8 cm³/mol. The zero-order valence-electron chi connectivity index (χ0n) is 11.2. The quantitative estimate of drug-likeness (QED) is 0.915. The van der Waals surface area contributed by atoms with Gasteiger partial charge >= 0.3 is 0 Å². The van der Waals surface area contributed by atoms with E-state index in [1.54, 1.807) is 6.33 Å². The Morgan fingerprint density at radius 2 is 2.16 bits per heavy atom. The van der Waals surface area contributed by atoms with Crippen LogP contribution in [0.4, 0.5) is 5.82 Å². The van der Waals surface area contributed by atoms with E-state index in [2.05, 4.69) is 37.3 Å². The van der Waals surface area contributed by atoms with Crippen molar-refractivity contribution in [3.8, 4) is 0 Å². The van der Waals surface area contributed by atoms with Crippen molar-refractivity contribution in [1.82, 2.24) is 19.7 Å². The first-order chi connectivity index (χ1) is 9.31. The highest BCUT2D eigenvalue weighted by Gasteiger charge is 2.17. The van der Waals surface area contributed by atoms with E-state index >= 15 is 0 Å². The lowest BCUT2D eigenvalue weighted by Gasteiger charge is -2.09. The molecule has 0 saturated heterocycles. The van der Waals surface area contributed by atoms with Gasteiger partial charge < -0.3 is 5.32 Å². The van der Waals surface area contributed by atoms with Crippen molar-refractivity contribution in [2.45, 2.75) is 45.2 Å². The maximum Gasteiger partial charge on any atom is 0.129 e. The van der Waals surface area contributed by atoms with Crippen molar-refractivity contribution < 1.29 is 0 Å². The third-order valence-corrected chi connectivity index (χ3v) is 3.62. The molecule has 0 unspecified atom stereocenters. The Bertz CT molecular complexity index is 542. The van der Waals surface area contributed by atoms with Gasteiger partial charge in [0.25, 0.3) is 0 Å². The van der Waals surface area contributed by atoms with Crippen molar-refractivity contribution in [3.63, 3.8) is 0 Å². The largest absolute Gasteiger partial charge is 0.364 e. The normalized spacial score (nSPS) is 15.8. The lowest BCUT2D eigenvalue weighted by atomic mass is 10.3. The van der Waals surface area contributed by atoms with Gasteiger partial charge in [0.1, 0.15) is 12.1 Å². The second-order valence-corrected chi connectivity index (χ2v) is 5.12. The molecular formula is C14H19N5. The molecule has 0 aliphatic heterocycles. The smallest absolute Gasteiger partial charge is 0.129 e. The summed E-state index contributed by atoms with van der Waals surface area (Å²) in [6.45, 7) is 2.66. The van der Waals surface area contributed by atoms with E-state index in [1.807, 2.05) is 13.0 Å². The van der Waals surface area contributed by atoms with Crippen LogP contribution in [0.3, 0.4) is 0 Å². The molecular weight excluding hydrogens is 238 g/mol. The molecule has 19 heavy (non-hydrogen) atoms. The minimum Gasteiger partial charge on any atom is -0.364 e. The van der Waals surface area contributed by atoms with Gasteiger partial charge in [-0.15, -0.1) is 0 Å². The molecule has 3 rings (SSSR count). The molecule has 5 heteroatoms. The van der Waals surface area contributed by atoms with Gasteiger partial charge in [-0.1, -0.05) is 12.8 Å². The van der Waals surface area contributed by atoms with Gasteiger partial charge in [0.15, 0.2) is 0 Å². The number of nitrogens with one attached hydrogen (secondary N) is 1. The van der Waals surface area contributed by atoms with Crippen molar-refractivity contribution in [1.29, 1.82) is 0 Å². The second-order valence-electron chi connectivity index (χ2n) is 5.12. The molecule has 0 atom stereocenters. The number of rotatable bonds is 4. The van der Waals surface area contributed by atoms with Gasteiger partial charge in [0.05, 0.1) is 18.3 Å². The van der Waals surface area contributed by atoms with Crippen LogP contribution in [0.1, 0.15) is 43.1 Å². The van der Waals surface area contributed by atoms with Gasteiger partial charge in [0.2, 0.25) is 0 Å². The third-order valence-electron chi connectivity index (χ3n) is 3.62. The average Bonchev–Trinajstić information content (AvgIpc) is 3.07. The Morgan fingerprint density at radius 3 is 2.95 bits per heavy atom. The van der Waals surface area contributed by atoms with Gasteiger partial charge in [-0.2, -0.15) is 5.10 Å². The highest BCUT2D eigenvalue weighted by atomic mass is 15.3. The third kappa shape index (κ3) is 2.92. The number of anilines is 1. The van der Waals surface area contributed by atoms with Gasteiger partial charge in [0, 0.05) is 18.0 Å². The van der Waals surface area contributed by atoms with Crippen LogP contribution in [0.25, 0.3) is 0 Å². The lowest BCUT2D eigenvalue weighted by Crippen LogP contribution is -2.07. The SMILES string of the molecule is Cc1cc(NCc2ccn(C3CCCC3)n2)ncn1. The van der Waals surface area contributed by atoms with Gasteiger partial charge in [-0.05, 0) is 25.8 Å². The lowest BCUT2D eigenvalue weighted by molar-refractivity contribution is 0.463. The minimum absolute atomic E-state index is 0.607. The van der Waals surface area contributed by atoms with Crippen LogP contribution in [0.5, 0.6) is 0 Å². The van der Waals surface area contributed by atoms with Crippen LogP contribution in [0.15, 0.2) is 24.7 Å². The fraction of sp³-hybridized carbons (Fsp3) is 0.500. The zero-order chi connectivity index (χ0) is 13.1. The molecule has 1 N–H and O–H groups in total. The Labute approximate surface area is 113 Å². The first-order valence-electron chi connectivity index (χ1n) is 6.88. The monoisotopic (exact) mass is 257 g/mol. The minimum atomic E-state index is 0.607. The van der Waals surface area contributed by atoms with Crippen molar-refractivity contribution in [2.24, 2.45) is 0 Å². The van der Waals surface area contributed by atoms with Crippen LogP contribution in [0.2, 0.25) is 0 Å². The van der Waals surface area contributed by atoms with Crippen LogP contribution < -0.4 is 5.32 Å². The molecule has 0 spiro atoms. The Kier molecular flexibility index (Phi) is 3.44. The van der Waals surface area contributed by atoms with Crippen molar-refractivity contribution in [2.75, 3.05) is 5.32 Å². The molecule has 0 aromatic carbocycles. The topological polar surface area (TPSA) is 55.6 Å². The summed E-state index contributed by atoms with van der Waals surface area (Å²) in [5.74, 6) is 0.850. The summed E-state index contributed by atoms with van der Waals surface area (Å²) in [6, 6.07) is 4.63. The van der Waals surface area contributed by atoms with Gasteiger partial charge in [-0.25, -0.2) is 9.97 Å². The maximum absolute atomic E-state index is 4.64.